The Hall–Kier alpha value is 0.550. The van der Waals surface area contributed by atoms with Crippen LogP contribution in [0.4, 0.5) is 0 Å². The Labute approximate surface area is 161 Å². The molecule has 11 heteroatoms. The van der Waals surface area contributed by atoms with Gasteiger partial charge in [0.1, 0.15) is 6.61 Å². The molecule has 0 saturated carbocycles. The van der Waals surface area contributed by atoms with E-state index in [1.165, 1.54) is 13.0 Å². The van der Waals surface area contributed by atoms with E-state index in [4.69, 9.17) is 4.55 Å². The van der Waals surface area contributed by atoms with Crippen molar-refractivity contribution in [3.05, 3.63) is 12.7 Å². The molecule has 0 aliphatic rings. The Morgan fingerprint density at radius 2 is 1.90 bits per heavy atom. The van der Waals surface area contributed by atoms with Crippen LogP contribution < -0.4 is 0 Å². The van der Waals surface area contributed by atoms with E-state index in [1.54, 1.807) is 0 Å². The van der Waals surface area contributed by atoms with Gasteiger partial charge in [-0.05, 0) is 6.92 Å². The molecule has 1 unspecified atom stereocenters. The van der Waals surface area contributed by atoms with Crippen molar-refractivity contribution in [2.24, 2.45) is 0 Å². The SMILES string of the molecule is C=CCOC(=O)C(CC(=O)OOCC)S(=O)(=O)O.[NaH].[NaH]. The summed E-state index contributed by atoms with van der Waals surface area (Å²) in [6.07, 6.45) is 0.298. The number of carbonyl (C=O) groups is 2. The first-order valence-corrected chi connectivity index (χ1v) is 6.39. The Morgan fingerprint density at radius 3 is 2.30 bits per heavy atom. The monoisotopic (exact) mass is 330 g/mol. The molecule has 0 aromatic carbocycles. The van der Waals surface area contributed by atoms with Crippen LogP contribution in [0, 0.1) is 0 Å². The summed E-state index contributed by atoms with van der Waals surface area (Å²) in [5.41, 5.74) is 0. The summed E-state index contributed by atoms with van der Waals surface area (Å²) < 4.78 is 35.1. The van der Waals surface area contributed by atoms with Crippen molar-refractivity contribution in [3.63, 3.8) is 0 Å². The summed E-state index contributed by atoms with van der Waals surface area (Å²) in [6.45, 7) is 4.60. The molecule has 0 bridgehead atoms. The molecular weight excluding hydrogens is 314 g/mol. The minimum absolute atomic E-state index is 0. The molecule has 0 aliphatic heterocycles. The molecule has 0 heterocycles. The van der Waals surface area contributed by atoms with Gasteiger partial charge in [0.25, 0.3) is 10.1 Å². The van der Waals surface area contributed by atoms with Crippen LogP contribution in [0.3, 0.4) is 0 Å². The fraction of sp³-hybridized carbons (Fsp3) is 0.556. The molecule has 0 spiro atoms. The van der Waals surface area contributed by atoms with Crippen molar-refractivity contribution in [3.8, 4) is 0 Å². The Morgan fingerprint density at radius 1 is 1.35 bits per heavy atom. The van der Waals surface area contributed by atoms with Crippen molar-refractivity contribution in [2.45, 2.75) is 18.6 Å². The molecule has 1 N–H and O–H groups in total. The summed E-state index contributed by atoms with van der Waals surface area (Å²) in [7, 11) is -4.78. The van der Waals surface area contributed by atoms with Gasteiger partial charge >= 0.3 is 71.1 Å². The van der Waals surface area contributed by atoms with Crippen molar-refractivity contribution in [2.75, 3.05) is 13.2 Å². The molecule has 0 fully saturated rings. The quantitative estimate of drug-likeness (QED) is 0.144. The number of ether oxygens (including phenoxy) is 1. The average Bonchev–Trinajstić information content (AvgIpc) is 2.28. The first-order chi connectivity index (χ1) is 8.32. The van der Waals surface area contributed by atoms with E-state index < -0.39 is 33.7 Å². The molecule has 8 nitrogen and oxygen atoms in total. The average molecular weight is 330 g/mol. The predicted molar refractivity (Wildman–Crippen MR) is 73.1 cm³/mol. The summed E-state index contributed by atoms with van der Waals surface area (Å²) in [6, 6.07) is 0. The van der Waals surface area contributed by atoms with Gasteiger partial charge in [-0.1, -0.05) is 12.7 Å². The second-order valence-electron chi connectivity index (χ2n) is 2.99. The Kier molecular flexibility index (Phi) is 16.9. The van der Waals surface area contributed by atoms with Crippen LogP contribution in [0.2, 0.25) is 0 Å². The van der Waals surface area contributed by atoms with Crippen molar-refractivity contribution >= 4 is 81.2 Å². The van der Waals surface area contributed by atoms with Gasteiger partial charge in [-0.2, -0.15) is 13.3 Å². The molecule has 0 aliphatic carbocycles. The zero-order valence-electron chi connectivity index (χ0n) is 9.70. The van der Waals surface area contributed by atoms with E-state index in [0.29, 0.717) is 0 Å². The molecule has 0 rings (SSSR count). The van der Waals surface area contributed by atoms with E-state index in [0.717, 1.165) is 0 Å². The van der Waals surface area contributed by atoms with Gasteiger partial charge in [0.05, 0.1) is 13.0 Å². The maximum atomic E-state index is 11.3. The topological polar surface area (TPSA) is 116 Å². The van der Waals surface area contributed by atoms with E-state index in [1.807, 2.05) is 0 Å². The molecule has 108 valence electrons. The fourth-order valence-electron chi connectivity index (χ4n) is 0.854. The summed E-state index contributed by atoms with van der Waals surface area (Å²) in [5.74, 6) is -2.39. The molecule has 0 saturated heterocycles. The zero-order valence-corrected chi connectivity index (χ0v) is 10.5. The number of carbonyl (C=O) groups excluding carboxylic acids is 2. The minimum atomic E-state index is -4.78. The molecule has 0 amide bonds. The van der Waals surface area contributed by atoms with E-state index >= 15 is 0 Å². The van der Waals surface area contributed by atoms with Crippen LogP contribution >= 0.6 is 0 Å². The summed E-state index contributed by atoms with van der Waals surface area (Å²) in [4.78, 5) is 30.8. The Bertz CT molecular complexity index is 408. The van der Waals surface area contributed by atoms with Crippen molar-refractivity contribution in [1.29, 1.82) is 0 Å². The zero-order chi connectivity index (χ0) is 14.2. The van der Waals surface area contributed by atoms with Crippen molar-refractivity contribution < 1.29 is 37.1 Å². The molecule has 0 aromatic heterocycles. The second-order valence-corrected chi connectivity index (χ2v) is 4.59. The third kappa shape index (κ3) is 11.2. The van der Waals surface area contributed by atoms with Crippen LogP contribution in [0.25, 0.3) is 0 Å². The van der Waals surface area contributed by atoms with Gasteiger partial charge in [-0.25, -0.2) is 4.79 Å². The van der Waals surface area contributed by atoms with Crippen LogP contribution in [-0.4, -0.2) is 102 Å². The standard InChI is InChI=1S/C9H14O8S.2Na.2H/c1-3-5-15-9(11)7(18(12,13)14)6-8(10)17-16-4-2;;;;/h3,7H,1,4-6H2,2H3,(H,12,13,14);;;;. The molecule has 1 atom stereocenters. The van der Waals surface area contributed by atoms with Crippen molar-refractivity contribution in [1.82, 2.24) is 0 Å². The predicted octanol–water partition coefficient (Wildman–Crippen LogP) is -1.44. The molecule has 20 heavy (non-hydrogen) atoms. The van der Waals surface area contributed by atoms with Gasteiger partial charge < -0.3 is 4.74 Å². The van der Waals surface area contributed by atoms with E-state index in [2.05, 4.69) is 21.1 Å². The summed E-state index contributed by atoms with van der Waals surface area (Å²) in [5, 5.41) is -2.05. The number of hydrogen-bond donors (Lipinski definition) is 1. The van der Waals surface area contributed by atoms with Crippen LogP contribution in [0.15, 0.2) is 12.7 Å². The number of rotatable bonds is 8. The van der Waals surface area contributed by atoms with E-state index in [-0.39, 0.29) is 72.3 Å². The first-order valence-electron chi connectivity index (χ1n) is 4.89. The van der Waals surface area contributed by atoms with Gasteiger partial charge in [0.2, 0.25) is 0 Å². The number of esters is 1. The molecule has 0 radical (unpaired) electrons. The van der Waals surface area contributed by atoms with Gasteiger partial charge in [-0.3, -0.25) is 14.2 Å². The van der Waals surface area contributed by atoms with Gasteiger partial charge in [0, 0.05) is 0 Å². The third-order valence-corrected chi connectivity index (χ3v) is 2.67. The van der Waals surface area contributed by atoms with E-state index in [9.17, 15) is 18.0 Å². The first kappa shape index (κ1) is 25.5. The van der Waals surface area contributed by atoms with Crippen LogP contribution in [-0.2, 0) is 34.2 Å². The maximum absolute atomic E-state index is 11.3. The fourth-order valence-corrected chi connectivity index (χ4v) is 1.51. The third-order valence-electron chi connectivity index (χ3n) is 1.59. The van der Waals surface area contributed by atoms with Gasteiger partial charge in [-0.15, -0.1) is 0 Å². The normalized spacial score (nSPS) is 11.3. The second kappa shape index (κ2) is 13.2. The molecule has 0 aromatic rings. The van der Waals surface area contributed by atoms with Crippen LogP contribution in [0.1, 0.15) is 13.3 Å². The Balaban J connectivity index is -0.00000144. The molecular formula is C9H16Na2O8S. The summed E-state index contributed by atoms with van der Waals surface area (Å²) >= 11 is 0. The van der Waals surface area contributed by atoms with Gasteiger partial charge in [0.15, 0.2) is 5.25 Å². The van der Waals surface area contributed by atoms with Crippen LogP contribution in [0.5, 0.6) is 0 Å². The number of hydrogen-bond acceptors (Lipinski definition) is 7.